The number of hydrogen-bond donors (Lipinski definition) is 0. The molecule has 1 aliphatic rings. The highest BCUT2D eigenvalue weighted by atomic mass is 32.2. The number of nitrogens with zero attached hydrogens (tertiary/aromatic N) is 3. The molecule has 0 fully saturated rings. The third-order valence-electron chi connectivity index (χ3n) is 4.37. The Morgan fingerprint density at radius 2 is 1.68 bits per heavy atom. The van der Waals surface area contributed by atoms with Gasteiger partial charge in [0.15, 0.2) is 0 Å². The number of rotatable bonds is 3. The van der Waals surface area contributed by atoms with Gasteiger partial charge in [0.2, 0.25) is 0 Å². The van der Waals surface area contributed by atoms with Crippen LogP contribution < -0.4 is 0 Å². The molecular formula is C20H14F3N3OS. The number of fused-ring (bicyclic) bond motifs is 1. The molecule has 0 bridgehead atoms. The number of aromatic nitrogens is 2. The molecule has 1 amide bonds. The van der Waals surface area contributed by atoms with Gasteiger partial charge in [0, 0.05) is 17.3 Å². The van der Waals surface area contributed by atoms with Crippen LogP contribution in [0, 0.1) is 0 Å². The first-order valence-electron chi connectivity index (χ1n) is 8.41. The van der Waals surface area contributed by atoms with Gasteiger partial charge >= 0.3 is 6.18 Å². The molecule has 1 aromatic heterocycles. The first kappa shape index (κ1) is 18.5. The first-order chi connectivity index (χ1) is 13.4. The molecule has 0 saturated carbocycles. The fraction of sp³-hybridized carbons (Fsp3) is 0.150. The zero-order chi connectivity index (χ0) is 19.7. The molecule has 0 atom stereocenters. The van der Waals surface area contributed by atoms with E-state index in [4.69, 9.17) is 0 Å². The number of halogens is 3. The molecule has 142 valence electrons. The zero-order valence-electron chi connectivity index (χ0n) is 14.5. The van der Waals surface area contributed by atoms with Crippen molar-refractivity contribution in [2.75, 3.05) is 5.88 Å². The van der Waals surface area contributed by atoms with Gasteiger partial charge in [-0.3, -0.25) is 4.79 Å². The van der Waals surface area contributed by atoms with E-state index in [1.165, 1.54) is 23.9 Å². The van der Waals surface area contributed by atoms with E-state index in [0.717, 1.165) is 17.0 Å². The fourth-order valence-corrected chi connectivity index (χ4v) is 3.90. The summed E-state index contributed by atoms with van der Waals surface area (Å²) in [6.45, 7) is 0.302. The second kappa shape index (κ2) is 7.27. The van der Waals surface area contributed by atoms with E-state index in [1.54, 1.807) is 29.4 Å². The summed E-state index contributed by atoms with van der Waals surface area (Å²) in [5.74, 6) is 0.901. The molecule has 0 radical (unpaired) electrons. The van der Waals surface area contributed by atoms with Crippen LogP contribution in [0.15, 0.2) is 65.8 Å². The van der Waals surface area contributed by atoms with Crippen molar-refractivity contribution < 1.29 is 18.0 Å². The van der Waals surface area contributed by atoms with Crippen LogP contribution in [-0.2, 0) is 12.7 Å². The normalized spacial score (nSPS) is 14.1. The molecule has 4 nitrogen and oxygen atoms in total. The topological polar surface area (TPSA) is 46.1 Å². The Kier molecular flexibility index (Phi) is 4.80. The van der Waals surface area contributed by atoms with E-state index in [9.17, 15) is 18.0 Å². The van der Waals surface area contributed by atoms with E-state index in [-0.39, 0.29) is 5.91 Å². The van der Waals surface area contributed by atoms with Crippen LogP contribution in [0.5, 0.6) is 0 Å². The van der Waals surface area contributed by atoms with Gasteiger partial charge in [-0.2, -0.15) is 13.2 Å². The largest absolute Gasteiger partial charge is 0.416 e. The molecule has 3 aromatic rings. The molecule has 0 unspecified atom stereocenters. The predicted molar refractivity (Wildman–Crippen MR) is 99.5 cm³/mol. The summed E-state index contributed by atoms with van der Waals surface area (Å²) in [5, 5.41) is 0. The van der Waals surface area contributed by atoms with E-state index < -0.39 is 11.7 Å². The standard InChI is InChI=1S/C20H14F3N3OS/c21-20(22,23)15-5-2-13(3-6-15)14-4-7-17-16(10-14)19(27)26(12-28-17)11-18-24-8-1-9-25-18/h1-10H,11-12H2. The van der Waals surface area contributed by atoms with Gasteiger partial charge in [-0.25, -0.2) is 9.97 Å². The van der Waals surface area contributed by atoms with Crippen molar-refractivity contribution in [1.29, 1.82) is 0 Å². The minimum absolute atomic E-state index is 0.144. The van der Waals surface area contributed by atoms with Crippen molar-refractivity contribution in [3.63, 3.8) is 0 Å². The number of carbonyl (C=O) groups excluding carboxylic acids is 1. The maximum Gasteiger partial charge on any atom is 0.416 e. The van der Waals surface area contributed by atoms with Crippen LogP contribution in [0.3, 0.4) is 0 Å². The third-order valence-corrected chi connectivity index (χ3v) is 5.48. The molecule has 4 rings (SSSR count). The Hall–Kier alpha value is -2.87. The van der Waals surface area contributed by atoms with Crippen LogP contribution in [0.4, 0.5) is 13.2 Å². The summed E-state index contributed by atoms with van der Waals surface area (Å²) < 4.78 is 38.3. The second-order valence-corrected chi connectivity index (χ2v) is 7.21. The van der Waals surface area contributed by atoms with Crippen molar-refractivity contribution >= 4 is 17.7 Å². The maximum atomic E-state index is 12.9. The lowest BCUT2D eigenvalue weighted by Crippen LogP contribution is -2.34. The van der Waals surface area contributed by atoms with Crippen molar-refractivity contribution in [2.45, 2.75) is 17.6 Å². The smallest absolute Gasteiger partial charge is 0.321 e. The van der Waals surface area contributed by atoms with Crippen LogP contribution in [0.2, 0.25) is 0 Å². The predicted octanol–water partition coefficient (Wildman–Crippen LogP) is 4.87. The lowest BCUT2D eigenvalue weighted by Gasteiger charge is -2.27. The molecule has 28 heavy (non-hydrogen) atoms. The average Bonchev–Trinajstić information content (AvgIpc) is 2.70. The SMILES string of the molecule is O=C1c2cc(-c3ccc(C(F)(F)F)cc3)ccc2SCN1Cc1ncccn1. The molecule has 1 aliphatic heterocycles. The van der Waals surface area contributed by atoms with Crippen molar-refractivity contribution in [1.82, 2.24) is 14.9 Å². The summed E-state index contributed by atoms with van der Waals surface area (Å²) in [6.07, 6.45) is -1.12. The van der Waals surface area contributed by atoms with Gasteiger partial charge < -0.3 is 4.90 Å². The van der Waals surface area contributed by atoms with E-state index >= 15 is 0 Å². The molecular weight excluding hydrogens is 387 g/mol. The minimum atomic E-state index is -4.37. The summed E-state index contributed by atoms with van der Waals surface area (Å²) >= 11 is 1.53. The summed E-state index contributed by atoms with van der Waals surface area (Å²) in [6, 6.07) is 12.0. The Labute approximate surface area is 163 Å². The third kappa shape index (κ3) is 3.73. The van der Waals surface area contributed by atoms with Gasteiger partial charge in [-0.05, 0) is 41.5 Å². The van der Waals surface area contributed by atoms with Crippen LogP contribution in [0.25, 0.3) is 11.1 Å². The maximum absolute atomic E-state index is 12.9. The first-order valence-corrected chi connectivity index (χ1v) is 9.40. The molecule has 2 heterocycles. The zero-order valence-corrected chi connectivity index (χ0v) is 15.3. The number of hydrogen-bond acceptors (Lipinski definition) is 4. The quantitative estimate of drug-likeness (QED) is 0.628. The van der Waals surface area contributed by atoms with Crippen molar-refractivity contribution in [3.8, 4) is 11.1 Å². The van der Waals surface area contributed by atoms with Crippen LogP contribution >= 0.6 is 11.8 Å². The van der Waals surface area contributed by atoms with Crippen molar-refractivity contribution in [3.05, 3.63) is 77.9 Å². The van der Waals surface area contributed by atoms with Gasteiger partial charge in [-0.15, -0.1) is 11.8 Å². The summed E-state index contributed by atoms with van der Waals surface area (Å²) in [5.41, 5.74) is 1.15. The van der Waals surface area contributed by atoms with Crippen LogP contribution in [0.1, 0.15) is 21.7 Å². The van der Waals surface area contributed by atoms with Gasteiger partial charge in [-0.1, -0.05) is 18.2 Å². The highest BCUT2D eigenvalue weighted by Gasteiger charge is 2.30. The molecule has 0 N–H and O–H groups in total. The van der Waals surface area contributed by atoms with E-state index in [2.05, 4.69) is 9.97 Å². The fourth-order valence-electron chi connectivity index (χ4n) is 2.93. The number of benzene rings is 2. The van der Waals surface area contributed by atoms with E-state index in [0.29, 0.717) is 34.9 Å². The number of alkyl halides is 3. The second-order valence-electron chi connectivity index (χ2n) is 6.23. The number of amides is 1. The lowest BCUT2D eigenvalue weighted by atomic mass is 10.0. The van der Waals surface area contributed by atoms with Gasteiger partial charge in [0.05, 0.1) is 23.5 Å². The lowest BCUT2D eigenvalue weighted by molar-refractivity contribution is -0.137. The Morgan fingerprint density at radius 3 is 2.36 bits per heavy atom. The number of carbonyl (C=O) groups is 1. The Balaban J connectivity index is 1.60. The molecule has 8 heteroatoms. The van der Waals surface area contributed by atoms with E-state index in [1.807, 2.05) is 12.1 Å². The highest BCUT2D eigenvalue weighted by Crippen LogP contribution is 2.35. The Morgan fingerprint density at radius 1 is 1.00 bits per heavy atom. The van der Waals surface area contributed by atoms with Crippen LogP contribution in [-0.4, -0.2) is 26.7 Å². The summed E-state index contributed by atoms with van der Waals surface area (Å²) in [4.78, 5) is 23.7. The molecule has 0 spiro atoms. The molecule has 0 saturated heterocycles. The molecule has 0 aliphatic carbocycles. The molecule has 2 aromatic carbocycles. The van der Waals surface area contributed by atoms with Gasteiger partial charge in [0.25, 0.3) is 5.91 Å². The monoisotopic (exact) mass is 401 g/mol. The summed E-state index contributed by atoms with van der Waals surface area (Å²) in [7, 11) is 0. The Bertz CT molecular complexity index is 1010. The highest BCUT2D eigenvalue weighted by molar-refractivity contribution is 7.99. The average molecular weight is 401 g/mol. The van der Waals surface area contributed by atoms with Gasteiger partial charge in [0.1, 0.15) is 5.82 Å². The van der Waals surface area contributed by atoms with Crippen molar-refractivity contribution in [2.24, 2.45) is 0 Å². The number of thioether (sulfide) groups is 1. The minimum Gasteiger partial charge on any atom is -0.321 e.